The third kappa shape index (κ3) is 2.98. The highest BCUT2D eigenvalue weighted by atomic mass is 16.5. The molecule has 1 aromatic heterocycles. The van der Waals surface area contributed by atoms with Crippen LogP contribution in [0.1, 0.15) is 48.6 Å². The Morgan fingerprint density at radius 2 is 2.30 bits per heavy atom. The van der Waals surface area contributed by atoms with E-state index in [-0.39, 0.29) is 0 Å². The lowest BCUT2D eigenvalue weighted by atomic mass is 10.1. The minimum Gasteiger partial charge on any atom is -0.493 e. The first-order valence-corrected chi connectivity index (χ1v) is 8.64. The van der Waals surface area contributed by atoms with Gasteiger partial charge in [0.15, 0.2) is 5.82 Å². The van der Waals surface area contributed by atoms with E-state index in [1.807, 2.05) is 6.92 Å². The van der Waals surface area contributed by atoms with Crippen LogP contribution in [-0.2, 0) is 19.3 Å². The van der Waals surface area contributed by atoms with E-state index < -0.39 is 0 Å². The fourth-order valence-corrected chi connectivity index (χ4v) is 3.60. The summed E-state index contributed by atoms with van der Waals surface area (Å²) in [6.45, 7) is 5.03. The summed E-state index contributed by atoms with van der Waals surface area (Å²) in [6, 6.07) is 6.93. The van der Waals surface area contributed by atoms with Crippen LogP contribution in [0.4, 0.5) is 0 Å². The van der Waals surface area contributed by atoms with Crippen LogP contribution in [0, 0.1) is 0 Å². The van der Waals surface area contributed by atoms with Crippen LogP contribution in [0.2, 0.25) is 0 Å². The highest BCUT2D eigenvalue weighted by Gasteiger charge is 2.29. The molecule has 5 heteroatoms. The third-order valence-electron chi connectivity index (χ3n) is 4.89. The second kappa shape index (κ2) is 6.32. The number of rotatable bonds is 5. The molecular formula is C18H23N3O2. The molecule has 2 aliphatic rings. The van der Waals surface area contributed by atoms with Crippen LogP contribution < -0.4 is 4.74 Å². The van der Waals surface area contributed by atoms with E-state index in [1.165, 1.54) is 17.5 Å². The van der Waals surface area contributed by atoms with Gasteiger partial charge in [-0.3, -0.25) is 4.90 Å². The predicted molar refractivity (Wildman–Crippen MR) is 86.6 cm³/mol. The van der Waals surface area contributed by atoms with E-state index >= 15 is 0 Å². The maximum atomic E-state index is 5.58. The molecule has 2 aromatic rings. The van der Waals surface area contributed by atoms with Gasteiger partial charge < -0.3 is 9.26 Å². The van der Waals surface area contributed by atoms with Crippen molar-refractivity contribution in [2.24, 2.45) is 0 Å². The first kappa shape index (κ1) is 14.7. The van der Waals surface area contributed by atoms with E-state index in [9.17, 15) is 0 Å². The number of hydrogen-bond donors (Lipinski definition) is 0. The molecular weight excluding hydrogens is 290 g/mol. The van der Waals surface area contributed by atoms with Crippen molar-refractivity contribution in [1.82, 2.24) is 15.0 Å². The molecule has 0 unspecified atom stereocenters. The first-order valence-electron chi connectivity index (χ1n) is 8.64. The van der Waals surface area contributed by atoms with Crippen molar-refractivity contribution in [3.63, 3.8) is 0 Å². The number of aryl methyl sites for hydroxylation is 1. The molecule has 0 saturated carbocycles. The van der Waals surface area contributed by atoms with E-state index in [4.69, 9.17) is 9.26 Å². The van der Waals surface area contributed by atoms with E-state index in [0.29, 0.717) is 6.04 Å². The van der Waals surface area contributed by atoms with Gasteiger partial charge in [0.05, 0.1) is 12.6 Å². The zero-order valence-corrected chi connectivity index (χ0v) is 13.6. The summed E-state index contributed by atoms with van der Waals surface area (Å²) in [5, 5.41) is 4.18. The molecule has 0 amide bonds. The number of fused-ring (bicyclic) bond motifs is 1. The van der Waals surface area contributed by atoms with Gasteiger partial charge in [0.1, 0.15) is 5.75 Å². The molecule has 0 spiro atoms. The topological polar surface area (TPSA) is 51.4 Å². The Kier molecular flexibility index (Phi) is 4.04. The Balaban J connectivity index is 1.41. The average molecular weight is 313 g/mol. The van der Waals surface area contributed by atoms with E-state index in [2.05, 4.69) is 33.2 Å². The quantitative estimate of drug-likeness (QED) is 0.849. The highest BCUT2D eigenvalue weighted by molar-refractivity contribution is 5.39. The molecule has 1 aromatic carbocycles. The van der Waals surface area contributed by atoms with E-state index in [0.717, 1.165) is 62.8 Å². The van der Waals surface area contributed by atoms with Crippen molar-refractivity contribution in [2.75, 3.05) is 19.7 Å². The highest BCUT2D eigenvalue weighted by Crippen LogP contribution is 2.31. The van der Waals surface area contributed by atoms with Crippen LogP contribution in [0.3, 0.4) is 0 Å². The predicted octanol–water partition coefficient (Wildman–Crippen LogP) is 2.95. The minimum absolute atomic E-state index is 0.316. The summed E-state index contributed by atoms with van der Waals surface area (Å²) in [6.07, 6.45) is 5.23. The normalized spacial score (nSPS) is 20.7. The van der Waals surface area contributed by atoms with Crippen LogP contribution in [0.5, 0.6) is 5.75 Å². The minimum atomic E-state index is 0.316. The molecule has 4 rings (SSSR count). The van der Waals surface area contributed by atoms with Crippen molar-refractivity contribution in [3.05, 3.63) is 41.0 Å². The van der Waals surface area contributed by atoms with Crippen molar-refractivity contribution < 1.29 is 9.26 Å². The smallest absolute Gasteiger partial charge is 0.226 e. The van der Waals surface area contributed by atoms with Gasteiger partial charge in [-0.2, -0.15) is 4.98 Å². The first-order chi connectivity index (χ1) is 11.3. The van der Waals surface area contributed by atoms with Crippen molar-refractivity contribution in [2.45, 2.75) is 45.1 Å². The summed E-state index contributed by atoms with van der Waals surface area (Å²) >= 11 is 0. The van der Waals surface area contributed by atoms with Gasteiger partial charge in [0.25, 0.3) is 0 Å². The van der Waals surface area contributed by atoms with Gasteiger partial charge in [0, 0.05) is 19.4 Å². The van der Waals surface area contributed by atoms with Crippen LogP contribution in [0.25, 0.3) is 0 Å². The molecule has 1 saturated heterocycles. The number of benzene rings is 1. The molecule has 0 N–H and O–H groups in total. The Bertz CT molecular complexity index is 683. The fraction of sp³-hybridized carbons (Fsp3) is 0.556. The summed E-state index contributed by atoms with van der Waals surface area (Å²) in [5.74, 6) is 2.67. The Hall–Kier alpha value is -1.88. The van der Waals surface area contributed by atoms with E-state index in [1.54, 1.807) is 0 Å². The summed E-state index contributed by atoms with van der Waals surface area (Å²) in [5.41, 5.74) is 2.74. The monoisotopic (exact) mass is 313 g/mol. The van der Waals surface area contributed by atoms with Crippen molar-refractivity contribution in [3.8, 4) is 5.75 Å². The number of likely N-dealkylation sites (tertiary alicyclic amines) is 1. The molecule has 1 fully saturated rings. The Morgan fingerprint density at radius 1 is 1.35 bits per heavy atom. The zero-order valence-electron chi connectivity index (χ0n) is 13.6. The number of aromatic nitrogens is 2. The molecule has 0 radical (unpaired) electrons. The number of ether oxygens (including phenoxy) is 1. The summed E-state index contributed by atoms with van der Waals surface area (Å²) < 4.78 is 10.9. The van der Waals surface area contributed by atoms with Gasteiger partial charge in [0.2, 0.25) is 5.89 Å². The lowest BCUT2D eigenvalue weighted by molar-refractivity contribution is 0.245. The average Bonchev–Trinajstić information content (AvgIpc) is 3.30. The van der Waals surface area contributed by atoms with Crippen molar-refractivity contribution >= 4 is 0 Å². The van der Waals surface area contributed by atoms with Crippen LogP contribution >= 0.6 is 0 Å². The largest absolute Gasteiger partial charge is 0.493 e. The lowest BCUT2D eigenvalue weighted by Gasteiger charge is -2.21. The molecule has 23 heavy (non-hydrogen) atoms. The van der Waals surface area contributed by atoms with Gasteiger partial charge in [-0.1, -0.05) is 24.2 Å². The summed E-state index contributed by atoms with van der Waals surface area (Å²) in [7, 11) is 0. The van der Waals surface area contributed by atoms with Gasteiger partial charge in [-0.05, 0) is 43.0 Å². The molecule has 0 aliphatic carbocycles. The molecule has 1 atom stereocenters. The third-order valence-corrected chi connectivity index (χ3v) is 4.89. The van der Waals surface area contributed by atoms with Gasteiger partial charge >= 0.3 is 0 Å². The number of nitrogens with zero attached hydrogens (tertiary/aromatic N) is 3. The SMILES string of the molecule is CCc1nc([C@@H]2CCCN2CCc2ccc3c(c2)CCO3)no1. The van der Waals surface area contributed by atoms with Crippen LogP contribution in [0.15, 0.2) is 22.7 Å². The molecule has 5 nitrogen and oxygen atoms in total. The fourth-order valence-electron chi connectivity index (χ4n) is 3.60. The van der Waals surface area contributed by atoms with Gasteiger partial charge in [-0.25, -0.2) is 0 Å². The molecule has 3 heterocycles. The molecule has 122 valence electrons. The lowest BCUT2D eigenvalue weighted by Crippen LogP contribution is -2.26. The van der Waals surface area contributed by atoms with Crippen LogP contribution in [-0.4, -0.2) is 34.7 Å². The second-order valence-electron chi connectivity index (χ2n) is 6.38. The summed E-state index contributed by atoms with van der Waals surface area (Å²) in [4.78, 5) is 7.02. The molecule has 2 aliphatic heterocycles. The Labute approximate surface area is 136 Å². The number of hydrogen-bond acceptors (Lipinski definition) is 5. The second-order valence-corrected chi connectivity index (χ2v) is 6.38. The Morgan fingerprint density at radius 3 is 3.17 bits per heavy atom. The van der Waals surface area contributed by atoms with Gasteiger partial charge in [-0.15, -0.1) is 0 Å². The van der Waals surface area contributed by atoms with Crippen molar-refractivity contribution in [1.29, 1.82) is 0 Å². The maximum Gasteiger partial charge on any atom is 0.226 e. The standard InChI is InChI=1S/C18H23N3O2/c1-2-17-19-18(20-23-17)15-4-3-9-21(15)10-7-13-5-6-16-14(12-13)8-11-22-16/h5-6,12,15H,2-4,7-11H2,1H3/t15-/m0/s1. The zero-order chi connectivity index (χ0) is 15.6. The maximum absolute atomic E-state index is 5.58. The molecule has 0 bridgehead atoms.